The highest BCUT2D eigenvalue weighted by Crippen LogP contribution is 2.23. The summed E-state index contributed by atoms with van der Waals surface area (Å²) in [7, 11) is -3.62. The highest BCUT2D eigenvalue weighted by Gasteiger charge is 2.26. The van der Waals surface area contributed by atoms with Gasteiger partial charge in [-0.25, -0.2) is 8.42 Å². The van der Waals surface area contributed by atoms with Crippen molar-refractivity contribution in [3.05, 3.63) is 66.2 Å². The molecular weight excluding hydrogens is 426 g/mol. The zero-order valence-electron chi connectivity index (χ0n) is 18.7. The number of benzene rings is 2. The van der Waals surface area contributed by atoms with Gasteiger partial charge in [0, 0.05) is 38.8 Å². The van der Waals surface area contributed by atoms with Crippen molar-refractivity contribution in [1.82, 2.24) is 9.80 Å². The molecule has 0 N–H and O–H groups in total. The van der Waals surface area contributed by atoms with Crippen LogP contribution in [0.3, 0.4) is 0 Å². The minimum Gasteiger partial charge on any atom is -0.494 e. The van der Waals surface area contributed by atoms with Gasteiger partial charge in [0.1, 0.15) is 12.3 Å². The second-order valence-corrected chi connectivity index (χ2v) is 9.60. The van der Waals surface area contributed by atoms with Crippen LogP contribution in [0.4, 0.5) is 5.69 Å². The number of rotatable bonds is 9. The van der Waals surface area contributed by atoms with E-state index in [9.17, 15) is 13.2 Å². The number of carbonyl (C=O) groups excluding carboxylic acids is 1. The molecule has 1 fully saturated rings. The molecule has 2 aromatic rings. The van der Waals surface area contributed by atoms with Crippen LogP contribution in [-0.4, -0.2) is 76.3 Å². The summed E-state index contributed by atoms with van der Waals surface area (Å²) in [5.74, 6) is 0.375. The van der Waals surface area contributed by atoms with Crippen molar-refractivity contribution in [1.29, 1.82) is 0 Å². The highest BCUT2D eigenvalue weighted by molar-refractivity contribution is 7.92. The summed E-state index contributed by atoms with van der Waals surface area (Å²) in [4.78, 5) is 16.9. The normalized spacial score (nSPS) is 15.1. The summed E-state index contributed by atoms with van der Waals surface area (Å²) in [5, 5.41) is 0. The third-order valence-corrected chi connectivity index (χ3v) is 6.43. The smallest absolute Gasteiger partial charge is 0.243 e. The Labute approximate surface area is 190 Å². The predicted octanol–water partition coefficient (Wildman–Crippen LogP) is 2.71. The maximum atomic E-state index is 12.9. The predicted molar refractivity (Wildman–Crippen MR) is 128 cm³/mol. The van der Waals surface area contributed by atoms with E-state index in [0.29, 0.717) is 31.1 Å². The number of piperazine rings is 1. The van der Waals surface area contributed by atoms with Crippen molar-refractivity contribution in [2.24, 2.45) is 0 Å². The molecule has 0 bridgehead atoms. The number of amides is 1. The maximum absolute atomic E-state index is 12.9. The molecule has 0 atom stereocenters. The van der Waals surface area contributed by atoms with E-state index in [4.69, 9.17) is 4.74 Å². The van der Waals surface area contributed by atoms with Crippen LogP contribution in [0.25, 0.3) is 6.08 Å². The molecule has 1 saturated heterocycles. The van der Waals surface area contributed by atoms with Gasteiger partial charge in [-0.15, -0.1) is 0 Å². The van der Waals surface area contributed by atoms with Crippen molar-refractivity contribution >= 4 is 27.7 Å². The van der Waals surface area contributed by atoms with E-state index in [0.717, 1.165) is 35.8 Å². The van der Waals surface area contributed by atoms with E-state index in [1.54, 1.807) is 29.2 Å². The van der Waals surface area contributed by atoms with Gasteiger partial charge in [0.25, 0.3) is 0 Å². The Hall–Kier alpha value is -2.84. The summed E-state index contributed by atoms with van der Waals surface area (Å²) in [6, 6.07) is 16.9. The molecule has 1 aliphatic heterocycles. The van der Waals surface area contributed by atoms with Crippen molar-refractivity contribution in [2.75, 3.05) is 56.4 Å². The van der Waals surface area contributed by atoms with Crippen LogP contribution < -0.4 is 9.04 Å². The maximum Gasteiger partial charge on any atom is 0.243 e. The lowest BCUT2D eigenvalue weighted by Crippen LogP contribution is -2.51. The van der Waals surface area contributed by atoms with Crippen molar-refractivity contribution < 1.29 is 17.9 Å². The third-order valence-electron chi connectivity index (χ3n) is 5.29. The first-order valence-corrected chi connectivity index (χ1v) is 12.6. The quantitative estimate of drug-likeness (QED) is 0.579. The molecule has 3 rings (SSSR count). The highest BCUT2D eigenvalue weighted by atomic mass is 32.2. The van der Waals surface area contributed by atoms with E-state index in [1.807, 2.05) is 25.1 Å². The summed E-state index contributed by atoms with van der Waals surface area (Å²) in [5.41, 5.74) is 1.59. The van der Waals surface area contributed by atoms with Gasteiger partial charge in [0.2, 0.25) is 15.9 Å². The molecular formula is C24H31N3O4S. The molecule has 0 spiro atoms. The lowest BCUT2D eigenvalue weighted by molar-refractivity contribution is -0.131. The Morgan fingerprint density at radius 3 is 2.44 bits per heavy atom. The molecule has 2 aromatic carbocycles. The SMILES string of the molecule is CCOc1cccc(N(CC(=O)N2CCN(C/C=C/c3ccccc3)CC2)S(C)(=O)=O)c1. The molecule has 0 aliphatic carbocycles. The second kappa shape index (κ2) is 11.2. The Kier molecular flexibility index (Phi) is 8.30. The van der Waals surface area contributed by atoms with Crippen LogP contribution in [0, 0.1) is 0 Å². The summed E-state index contributed by atoms with van der Waals surface area (Å²) in [6.07, 6.45) is 5.34. The summed E-state index contributed by atoms with van der Waals surface area (Å²) >= 11 is 0. The fraction of sp³-hybridized carbons (Fsp3) is 0.375. The van der Waals surface area contributed by atoms with Gasteiger partial charge in [-0.1, -0.05) is 48.6 Å². The second-order valence-electron chi connectivity index (χ2n) is 7.69. The largest absolute Gasteiger partial charge is 0.494 e. The van der Waals surface area contributed by atoms with Crippen LogP contribution in [0.1, 0.15) is 12.5 Å². The van der Waals surface area contributed by atoms with E-state index in [1.165, 1.54) is 0 Å². The number of hydrogen-bond acceptors (Lipinski definition) is 5. The van der Waals surface area contributed by atoms with Crippen LogP contribution in [0.2, 0.25) is 0 Å². The van der Waals surface area contributed by atoms with Gasteiger partial charge in [-0.2, -0.15) is 0 Å². The summed E-state index contributed by atoms with van der Waals surface area (Å²) < 4.78 is 31.4. The Morgan fingerprint density at radius 2 is 1.78 bits per heavy atom. The molecule has 0 aromatic heterocycles. The minimum atomic E-state index is -3.62. The van der Waals surface area contributed by atoms with Gasteiger partial charge < -0.3 is 9.64 Å². The molecule has 0 unspecified atom stereocenters. The van der Waals surface area contributed by atoms with Crippen molar-refractivity contribution in [3.8, 4) is 5.75 Å². The standard InChI is InChI=1S/C24H31N3O4S/c1-3-31-23-13-7-12-22(19-23)27(32(2,29)30)20-24(28)26-17-15-25(16-18-26)14-8-11-21-9-5-4-6-10-21/h4-13,19H,3,14-18,20H2,1-2H3/b11-8+. The molecule has 32 heavy (non-hydrogen) atoms. The lowest BCUT2D eigenvalue weighted by Gasteiger charge is -2.35. The molecule has 1 aliphatic rings. The lowest BCUT2D eigenvalue weighted by atomic mass is 10.2. The van der Waals surface area contributed by atoms with Crippen LogP contribution in [-0.2, 0) is 14.8 Å². The van der Waals surface area contributed by atoms with Gasteiger partial charge in [-0.05, 0) is 24.6 Å². The Morgan fingerprint density at radius 1 is 1.06 bits per heavy atom. The molecule has 1 heterocycles. The van der Waals surface area contributed by atoms with Gasteiger partial charge in [-0.3, -0.25) is 14.0 Å². The van der Waals surface area contributed by atoms with Gasteiger partial charge in [0.15, 0.2) is 0 Å². The van der Waals surface area contributed by atoms with Crippen molar-refractivity contribution in [2.45, 2.75) is 6.92 Å². The van der Waals surface area contributed by atoms with Gasteiger partial charge >= 0.3 is 0 Å². The van der Waals surface area contributed by atoms with Gasteiger partial charge in [0.05, 0.1) is 18.6 Å². The van der Waals surface area contributed by atoms with Crippen LogP contribution in [0.15, 0.2) is 60.7 Å². The number of anilines is 1. The van der Waals surface area contributed by atoms with E-state index in [-0.39, 0.29) is 12.5 Å². The first kappa shape index (κ1) is 23.8. The molecule has 172 valence electrons. The average Bonchev–Trinajstić information content (AvgIpc) is 2.78. The number of carbonyl (C=O) groups is 1. The fourth-order valence-electron chi connectivity index (χ4n) is 3.60. The minimum absolute atomic E-state index is 0.197. The topological polar surface area (TPSA) is 70.2 Å². The first-order valence-electron chi connectivity index (χ1n) is 10.8. The molecule has 0 saturated carbocycles. The Bertz CT molecular complexity index is 1020. The molecule has 0 radical (unpaired) electrons. The van der Waals surface area contributed by atoms with Crippen molar-refractivity contribution in [3.63, 3.8) is 0 Å². The zero-order chi connectivity index (χ0) is 23.0. The van der Waals surface area contributed by atoms with E-state index in [2.05, 4.69) is 29.2 Å². The zero-order valence-corrected chi connectivity index (χ0v) is 19.5. The van der Waals surface area contributed by atoms with Crippen LogP contribution in [0.5, 0.6) is 5.75 Å². The van der Waals surface area contributed by atoms with Crippen LogP contribution >= 0.6 is 0 Å². The number of hydrogen-bond donors (Lipinski definition) is 0. The number of nitrogens with zero attached hydrogens (tertiary/aromatic N) is 3. The van der Waals surface area contributed by atoms with E-state index >= 15 is 0 Å². The molecule has 1 amide bonds. The average molecular weight is 458 g/mol. The fourth-order valence-corrected chi connectivity index (χ4v) is 4.44. The third kappa shape index (κ3) is 6.83. The molecule has 8 heteroatoms. The monoisotopic (exact) mass is 457 g/mol. The number of sulfonamides is 1. The summed E-state index contributed by atoms with van der Waals surface area (Å²) in [6.45, 7) is 5.60. The van der Waals surface area contributed by atoms with E-state index < -0.39 is 10.0 Å². The molecule has 7 nitrogen and oxygen atoms in total. The number of ether oxygens (including phenoxy) is 1. The Balaban J connectivity index is 1.56. The first-order chi connectivity index (χ1) is 15.4.